The van der Waals surface area contributed by atoms with Gasteiger partial charge < -0.3 is 14.6 Å². The van der Waals surface area contributed by atoms with Crippen LogP contribution in [0.3, 0.4) is 0 Å². The Morgan fingerprint density at radius 1 is 1.23 bits per heavy atom. The number of fused-ring (bicyclic) bond motifs is 1. The smallest absolute Gasteiger partial charge is 0.272 e. The average molecular weight is 351 g/mol. The first kappa shape index (κ1) is 17.7. The van der Waals surface area contributed by atoms with E-state index < -0.39 is 0 Å². The van der Waals surface area contributed by atoms with Crippen molar-refractivity contribution < 1.29 is 9.53 Å². The Labute approximate surface area is 151 Å². The van der Waals surface area contributed by atoms with Gasteiger partial charge in [0.1, 0.15) is 11.4 Å². The van der Waals surface area contributed by atoms with Crippen molar-refractivity contribution in [3.8, 4) is 5.75 Å². The Morgan fingerprint density at radius 3 is 2.81 bits per heavy atom. The molecule has 0 unspecified atom stereocenters. The van der Waals surface area contributed by atoms with Crippen LogP contribution in [0, 0.1) is 6.92 Å². The molecule has 3 aromatic rings. The number of carbonyl (C=O) groups excluding carboxylic acids is 1. The molecule has 1 heterocycles. The molecule has 3 rings (SSSR count). The molecule has 0 saturated carbocycles. The lowest BCUT2D eigenvalue weighted by Gasteiger charge is -2.09. The number of hydrogen-bond acceptors (Lipinski definition) is 4. The van der Waals surface area contributed by atoms with Crippen LogP contribution in [0.15, 0.2) is 47.3 Å². The van der Waals surface area contributed by atoms with Crippen LogP contribution >= 0.6 is 0 Å². The summed E-state index contributed by atoms with van der Waals surface area (Å²) in [6.45, 7) is 2.19. The number of aryl methyl sites for hydroxylation is 2. The minimum absolute atomic E-state index is 0.131. The zero-order valence-electron chi connectivity index (χ0n) is 15.1. The molecule has 26 heavy (non-hydrogen) atoms. The molecule has 0 radical (unpaired) electrons. The lowest BCUT2D eigenvalue weighted by Crippen LogP contribution is -2.26. The van der Waals surface area contributed by atoms with Gasteiger partial charge in [-0.05, 0) is 49.2 Å². The number of nitrogens with zero attached hydrogens (tertiary/aromatic N) is 2. The van der Waals surface area contributed by atoms with Gasteiger partial charge in [0.15, 0.2) is 0 Å². The minimum atomic E-state index is -0.164. The fraction of sp³-hybridized carbons (Fsp3) is 0.250. The molecule has 6 heteroatoms. The largest absolute Gasteiger partial charge is 0.497 e. The molecule has 1 amide bonds. The molecule has 0 atom stereocenters. The van der Waals surface area contributed by atoms with Gasteiger partial charge in [-0.25, -0.2) is 4.98 Å². The highest BCUT2D eigenvalue weighted by atomic mass is 16.5. The van der Waals surface area contributed by atoms with Crippen LogP contribution in [0.1, 0.15) is 21.6 Å². The van der Waals surface area contributed by atoms with Crippen molar-refractivity contribution in [3.63, 3.8) is 0 Å². The van der Waals surface area contributed by atoms with Crippen LogP contribution in [-0.2, 0) is 13.5 Å². The molecule has 1 aromatic heterocycles. The summed E-state index contributed by atoms with van der Waals surface area (Å²) in [6.07, 6.45) is 0.711. The first-order valence-electron chi connectivity index (χ1n) is 8.38. The zero-order chi connectivity index (χ0) is 18.7. The van der Waals surface area contributed by atoms with Crippen molar-refractivity contribution >= 4 is 16.9 Å². The van der Waals surface area contributed by atoms with Crippen LogP contribution in [0.2, 0.25) is 0 Å². The summed E-state index contributed by atoms with van der Waals surface area (Å²) < 4.78 is 6.75. The molecule has 0 aliphatic rings. The van der Waals surface area contributed by atoms with Gasteiger partial charge in [0.05, 0.1) is 18.1 Å². The molecule has 134 valence electrons. The minimum Gasteiger partial charge on any atom is -0.497 e. The quantitative estimate of drug-likeness (QED) is 0.765. The Balaban J connectivity index is 1.71. The summed E-state index contributed by atoms with van der Waals surface area (Å²) in [4.78, 5) is 28.6. The van der Waals surface area contributed by atoms with Crippen LogP contribution in [0.25, 0.3) is 11.0 Å². The second-order valence-electron chi connectivity index (χ2n) is 6.12. The van der Waals surface area contributed by atoms with Crippen LogP contribution in [0.5, 0.6) is 5.75 Å². The molecule has 2 aromatic carbocycles. The topological polar surface area (TPSA) is 73.2 Å². The third-order valence-electron chi connectivity index (χ3n) is 4.33. The number of amides is 1. The normalized spacial score (nSPS) is 10.7. The number of hydrogen-bond donors (Lipinski definition) is 1. The highest BCUT2D eigenvalue weighted by molar-refractivity contribution is 5.97. The predicted octanol–water partition coefficient (Wildman–Crippen LogP) is 2.22. The van der Waals surface area contributed by atoms with Gasteiger partial charge in [-0.1, -0.05) is 12.1 Å². The number of rotatable bonds is 5. The van der Waals surface area contributed by atoms with E-state index in [-0.39, 0.29) is 11.5 Å². The molecule has 0 spiro atoms. The van der Waals surface area contributed by atoms with Gasteiger partial charge in [0.25, 0.3) is 11.5 Å². The maximum absolute atomic E-state index is 12.4. The number of benzene rings is 2. The fourth-order valence-corrected chi connectivity index (χ4v) is 2.87. The van der Waals surface area contributed by atoms with E-state index in [4.69, 9.17) is 4.74 Å². The van der Waals surface area contributed by atoms with Crippen LogP contribution in [0.4, 0.5) is 0 Å². The SMILES string of the molecule is COc1cccc(CCNC(=O)c2ccc3c(c2)nc(C)c(=O)n3C)c1. The van der Waals surface area contributed by atoms with E-state index in [1.807, 2.05) is 24.3 Å². The van der Waals surface area contributed by atoms with Crippen molar-refractivity contribution in [2.75, 3.05) is 13.7 Å². The second-order valence-corrected chi connectivity index (χ2v) is 6.12. The number of aromatic nitrogens is 2. The van der Waals surface area contributed by atoms with E-state index in [0.29, 0.717) is 35.3 Å². The summed E-state index contributed by atoms with van der Waals surface area (Å²) in [7, 11) is 3.33. The number of nitrogens with one attached hydrogen (secondary N) is 1. The first-order valence-corrected chi connectivity index (χ1v) is 8.38. The summed E-state index contributed by atoms with van der Waals surface area (Å²) in [5.74, 6) is 0.638. The van der Waals surface area contributed by atoms with Crippen molar-refractivity contribution in [2.24, 2.45) is 7.05 Å². The highest BCUT2D eigenvalue weighted by Gasteiger charge is 2.10. The number of carbonyl (C=O) groups is 1. The van der Waals surface area contributed by atoms with E-state index in [9.17, 15) is 9.59 Å². The molecule has 0 saturated heterocycles. The third kappa shape index (κ3) is 3.59. The molecular weight excluding hydrogens is 330 g/mol. The van der Waals surface area contributed by atoms with Gasteiger partial charge in [-0.2, -0.15) is 0 Å². The third-order valence-corrected chi connectivity index (χ3v) is 4.33. The molecule has 0 bridgehead atoms. The standard InChI is InChI=1S/C20H21N3O3/c1-13-20(25)23(2)18-8-7-15(12-17(18)22-13)19(24)21-10-9-14-5-4-6-16(11-14)26-3/h4-8,11-12H,9-10H2,1-3H3,(H,21,24). The molecule has 0 aliphatic heterocycles. The van der Waals surface area contributed by atoms with E-state index in [2.05, 4.69) is 10.3 Å². The van der Waals surface area contributed by atoms with Crippen molar-refractivity contribution in [1.29, 1.82) is 0 Å². The monoisotopic (exact) mass is 351 g/mol. The Morgan fingerprint density at radius 2 is 2.04 bits per heavy atom. The molecule has 0 fully saturated rings. The molecule has 6 nitrogen and oxygen atoms in total. The summed E-state index contributed by atoms with van der Waals surface area (Å²) >= 11 is 0. The average Bonchev–Trinajstić information content (AvgIpc) is 2.66. The maximum Gasteiger partial charge on any atom is 0.272 e. The van der Waals surface area contributed by atoms with E-state index in [1.54, 1.807) is 43.8 Å². The lowest BCUT2D eigenvalue weighted by molar-refractivity contribution is 0.0954. The highest BCUT2D eigenvalue weighted by Crippen LogP contribution is 2.14. The predicted molar refractivity (Wildman–Crippen MR) is 101 cm³/mol. The van der Waals surface area contributed by atoms with E-state index in [0.717, 1.165) is 11.3 Å². The van der Waals surface area contributed by atoms with Crippen molar-refractivity contribution in [3.05, 3.63) is 69.6 Å². The molecule has 0 aliphatic carbocycles. The van der Waals surface area contributed by atoms with Crippen molar-refractivity contribution in [1.82, 2.24) is 14.9 Å². The van der Waals surface area contributed by atoms with Crippen LogP contribution in [-0.4, -0.2) is 29.1 Å². The second kappa shape index (κ2) is 7.39. The van der Waals surface area contributed by atoms with Gasteiger partial charge in [-0.15, -0.1) is 0 Å². The van der Waals surface area contributed by atoms with E-state index in [1.165, 1.54) is 0 Å². The Hall–Kier alpha value is -3.15. The van der Waals surface area contributed by atoms with Gasteiger partial charge in [-0.3, -0.25) is 9.59 Å². The van der Waals surface area contributed by atoms with E-state index >= 15 is 0 Å². The Kier molecular flexibility index (Phi) is 5.02. The first-order chi connectivity index (χ1) is 12.5. The summed E-state index contributed by atoms with van der Waals surface area (Å²) in [5, 5.41) is 2.91. The molecule has 1 N–H and O–H groups in total. The van der Waals surface area contributed by atoms with Gasteiger partial charge in [0.2, 0.25) is 0 Å². The maximum atomic E-state index is 12.4. The summed E-state index contributed by atoms with van der Waals surface area (Å²) in [5.41, 5.74) is 3.23. The Bertz CT molecular complexity index is 1020. The van der Waals surface area contributed by atoms with Crippen molar-refractivity contribution in [2.45, 2.75) is 13.3 Å². The number of ether oxygens (including phenoxy) is 1. The summed E-state index contributed by atoms with van der Waals surface area (Å²) in [6, 6.07) is 12.9. The lowest BCUT2D eigenvalue weighted by atomic mass is 10.1. The van der Waals surface area contributed by atoms with Crippen LogP contribution < -0.4 is 15.6 Å². The van der Waals surface area contributed by atoms with Gasteiger partial charge >= 0.3 is 0 Å². The fourth-order valence-electron chi connectivity index (χ4n) is 2.87. The zero-order valence-corrected chi connectivity index (χ0v) is 15.1. The van der Waals surface area contributed by atoms with Gasteiger partial charge in [0, 0.05) is 19.2 Å². The number of methoxy groups -OCH3 is 1. The molecular formula is C20H21N3O3.